The van der Waals surface area contributed by atoms with Crippen LogP contribution in [0.1, 0.15) is 17.2 Å². The fourth-order valence-corrected chi connectivity index (χ4v) is 2.57. The van der Waals surface area contributed by atoms with Crippen LogP contribution in [0, 0.1) is 0 Å². The van der Waals surface area contributed by atoms with Crippen molar-refractivity contribution in [3.8, 4) is 0 Å². The Morgan fingerprint density at radius 3 is 2.39 bits per heavy atom. The first kappa shape index (κ1) is 15.0. The van der Waals surface area contributed by atoms with Gasteiger partial charge in [-0.3, -0.25) is 4.79 Å². The number of nitrogens with one attached hydrogen (secondary N) is 1. The average Bonchev–Trinajstić information content (AvgIpc) is 3.09. The van der Waals surface area contributed by atoms with E-state index >= 15 is 0 Å². The average molecular weight is 305 g/mol. The van der Waals surface area contributed by atoms with E-state index in [9.17, 15) is 4.79 Å². The van der Waals surface area contributed by atoms with E-state index in [2.05, 4.69) is 22.4 Å². The van der Waals surface area contributed by atoms with Crippen molar-refractivity contribution in [1.82, 2.24) is 14.9 Å². The van der Waals surface area contributed by atoms with E-state index in [1.807, 2.05) is 48.5 Å². The number of nitrogens with zero attached hydrogens (tertiary/aromatic N) is 2. The fourth-order valence-electron chi connectivity index (χ4n) is 2.57. The zero-order valence-corrected chi connectivity index (χ0v) is 12.8. The second kappa shape index (κ2) is 7.40. The van der Waals surface area contributed by atoms with Crippen LogP contribution in [-0.4, -0.2) is 15.5 Å². The Morgan fingerprint density at radius 1 is 1.04 bits per heavy atom. The molecule has 0 saturated carbocycles. The van der Waals surface area contributed by atoms with Crippen molar-refractivity contribution in [2.24, 2.45) is 0 Å². The van der Waals surface area contributed by atoms with Crippen molar-refractivity contribution in [3.05, 3.63) is 90.5 Å². The Kier molecular flexibility index (Phi) is 4.84. The van der Waals surface area contributed by atoms with E-state index in [1.54, 1.807) is 23.3 Å². The minimum Gasteiger partial charge on any atom is -0.347 e. The maximum atomic E-state index is 12.3. The summed E-state index contributed by atoms with van der Waals surface area (Å²) in [5, 5.41) is 3.13. The Balaban J connectivity index is 1.73. The third kappa shape index (κ3) is 4.30. The molecule has 116 valence electrons. The molecule has 2 aromatic carbocycles. The van der Waals surface area contributed by atoms with Gasteiger partial charge in [-0.15, -0.1) is 0 Å². The molecule has 3 rings (SSSR count). The molecular formula is C19H19N3O. The highest BCUT2D eigenvalue weighted by atomic mass is 16.2. The molecule has 0 aliphatic carbocycles. The van der Waals surface area contributed by atoms with Crippen LogP contribution < -0.4 is 5.32 Å². The fraction of sp³-hybridized carbons (Fsp3) is 0.158. The van der Waals surface area contributed by atoms with Gasteiger partial charge in [-0.2, -0.15) is 0 Å². The lowest BCUT2D eigenvalue weighted by Crippen LogP contribution is -2.32. The summed E-state index contributed by atoms with van der Waals surface area (Å²) in [4.78, 5) is 16.3. The van der Waals surface area contributed by atoms with Gasteiger partial charge in [0.25, 0.3) is 0 Å². The van der Waals surface area contributed by atoms with Gasteiger partial charge in [-0.05, 0) is 17.5 Å². The largest absolute Gasteiger partial charge is 0.347 e. The van der Waals surface area contributed by atoms with Crippen molar-refractivity contribution in [2.45, 2.75) is 19.0 Å². The molecule has 0 spiro atoms. The summed E-state index contributed by atoms with van der Waals surface area (Å²) in [6.45, 7) is 0.276. The molecule has 3 aromatic rings. The van der Waals surface area contributed by atoms with Gasteiger partial charge in [0.2, 0.25) is 5.91 Å². The SMILES string of the molecule is O=C(Cn1ccnc1)NC(Cc1ccccc1)c1ccccc1. The zero-order valence-electron chi connectivity index (χ0n) is 12.8. The highest BCUT2D eigenvalue weighted by Crippen LogP contribution is 2.18. The van der Waals surface area contributed by atoms with Crippen molar-refractivity contribution in [3.63, 3.8) is 0 Å². The highest BCUT2D eigenvalue weighted by Gasteiger charge is 2.15. The number of aromatic nitrogens is 2. The Bertz CT molecular complexity index is 724. The number of hydrogen-bond donors (Lipinski definition) is 1. The lowest BCUT2D eigenvalue weighted by Gasteiger charge is -2.19. The summed E-state index contributed by atoms with van der Waals surface area (Å²) in [6, 6.07) is 20.2. The minimum atomic E-state index is -0.0466. The molecule has 4 nitrogen and oxygen atoms in total. The van der Waals surface area contributed by atoms with Gasteiger partial charge in [-0.25, -0.2) is 4.98 Å². The molecule has 0 bridgehead atoms. The first-order chi connectivity index (χ1) is 11.3. The van der Waals surface area contributed by atoms with Crippen LogP contribution in [0.3, 0.4) is 0 Å². The molecule has 0 radical (unpaired) electrons. The van der Waals surface area contributed by atoms with E-state index in [1.165, 1.54) is 5.56 Å². The quantitative estimate of drug-likeness (QED) is 0.761. The van der Waals surface area contributed by atoms with Crippen LogP contribution in [0.25, 0.3) is 0 Å². The van der Waals surface area contributed by atoms with Crippen molar-refractivity contribution < 1.29 is 4.79 Å². The number of carbonyl (C=O) groups excluding carboxylic acids is 1. The molecule has 1 atom stereocenters. The molecule has 1 unspecified atom stereocenters. The lowest BCUT2D eigenvalue weighted by atomic mass is 9.99. The predicted molar refractivity (Wildman–Crippen MR) is 89.7 cm³/mol. The van der Waals surface area contributed by atoms with Crippen LogP contribution in [0.4, 0.5) is 0 Å². The first-order valence-corrected chi connectivity index (χ1v) is 7.65. The van der Waals surface area contributed by atoms with Gasteiger partial charge in [0, 0.05) is 12.4 Å². The van der Waals surface area contributed by atoms with Crippen LogP contribution in [0.15, 0.2) is 79.4 Å². The van der Waals surface area contributed by atoms with Gasteiger partial charge >= 0.3 is 0 Å². The molecule has 1 aromatic heterocycles. The smallest absolute Gasteiger partial charge is 0.240 e. The number of benzene rings is 2. The number of rotatable bonds is 6. The molecule has 1 heterocycles. The highest BCUT2D eigenvalue weighted by molar-refractivity contribution is 5.76. The number of hydrogen-bond acceptors (Lipinski definition) is 2. The number of carbonyl (C=O) groups is 1. The third-order valence-corrected chi connectivity index (χ3v) is 3.71. The summed E-state index contributed by atoms with van der Waals surface area (Å²) in [7, 11) is 0. The normalized spacial score (nSPS) is 11.8. The van der Waals surface area contributed by atoms with Crippen molar-refractivity contribution >= 4 is 5.91 Å². The maximum absolute atomic E-state index is 12.3. The molecular weight excluding hydrogens is 286 g/mol. The van der Waals surface area contributed by atoms with Crippen LogP contribution in [0.5, 0.6) is 0 Å². The molecule has 0 fully saturated rings. The summed E-state index contributed by atoms with van der Waals surface area (Å²) in [5.41, 5.74) is 2.31. The number of imidazole rings is 1. The zero-order chi connectivity index (χ0) is 15.9. The van der Waals surface area contributed by atoms with Crippen molar-refractivity contribution in [1.29, 1.82) is 0 Å². The predicted octanol–water partition coefficient (Wildman–Crippen LogP) is 2.98. The second-order valence-electron chi connectivity index (χ2n) is 5.46. The van der Waals surface area contributed by atoms with Crippen molar-refractivity contribution in [2.75, 3.05) is 0 Å². The summed E-state index contributed by atoms with van der Waals surface area (Å²) < 4.78 is 1.76. The molecule has 0 saturated heterocycles. The first-order valence-electron chi connectivity index (χ1n) is 7.65. The maximum Gasteiger partial charge on any atom is 0.240 e. The monoisotopic (exact) mass is 305 g/mol. The van der Waals surface area contributed by atoms with E-state index in [-0.39, 0.29) is 18.5 Å². The topological polar surface area (TPSA) is 46.9 Å². The summed E-state index contributed by atoms with van der Waals surface area (Å²) in [5.74, 6) is -0.0206. The third-order valence-electron chi connectivity index (χ3n) is 3.71. The van der Waals surface area contributed by atoms with Crippen LogP contribution >= 0.6 is 0 Å². The minimum absolute atomic E-state index is 0.0206. The van der Waals surface area contributed by atoms with Crippen LogP contribution in [-0.2, 0) is 17.8 Å². The van der Waals surface area contributed by atoms with Gasteiger partial charge in [0.05, 0.1) is 12.4 Å². The molecule has 23 heavy (non-hydrogen) atoms. The Labute approximate surface area is 135 Å². The standard InChI is InChI=1S/C19H19N3O/c23-19(14-22-12-11-20-15-22)21-18(17-9-5-2-6-10-17)13-16-7-3-1-4-8-16/h1-12,15,18H,13-14H2,(H,21,23). The van der Waals surface area contributed by atoms with Crippen LogP contribution in [0.2, 0.25) is 0 Å². The number of amides is 1. The van der Waals surface area contributed by atoms with Gasteiger partial charge < -0.3 is 9.88 Å². The Hall–Kier alpha value is -2.88. The van der Waals surface area contributed by atoms with Gasteiger partial charge in [0.1, 0.15) is 6.54 Å². The molecule has 0 aliphatic heterocycles. The van der Waals surface area contributed by atoms with E-state index in [0.29, 0.717) is 0 Å². The van der Waals surface area contributed by atoms with E-state index in [0.717, 1.165) is 12.0 Å². The lowest BCUT2D eigenvalue weighted by molar-refractivity contribution is -0.122. The molecule has 1 N–H and O–H groups in total. The van der Waals surface area contributed by atoms with E-state index < -0.39 is 0 Å². The summed E-state index contributed by atoms with van der Waals surface area (Å²) >= 11 is 0. The molecule has 0 aliphatic rings. The van der Waals surface area contributed by atoms with E-state index in [4.69, 9.17) is 0 Å². The molecule has 1 amide bonds. The summed E-state index contributed by atoms with van der Waals surface area (Å²) in [6.07, 6.45) is 5.87. The van der Waals surface area contributed by atoms with Gasteiger partial charge in [0.15, 0.2) is 0 Å². The molecule has 4 heteroatoms. The Morgan fingerprint density at radius 2 is 1.74 bits per heavy atom. The van der Waals surface area contributed by atoms with Gasteiger partial charge in [-0.1, -0.05) is 60.7 Å². The second-order valence-corrected chi connectivity index (χ2v) is 5.46.